The number of carbonyl (C=O) groups excluding carboxylic acids is 1. The van der Waals surface area contributed by atoms with E-state index in [0.717, 1.165) is 5.56 Å². The largest absolute Gasteiger partial charge is 0.463 e. The molecule has 0 unspecified atom stereocenters. The SMILES string of the molecule is NC1CCCC1.O=COCc1ccccc1. The monoisotopic (exact) mass is 221 g/mol. The van der Waals surface area contributed by atoms with Crippen LogP contribution in [0.4, 0.5) is 0 Å². The average Bonchev–Trinajstić information content (AvgIpc) is 2.80. The first-order chi connectivity index (χ1) is 7.83. The second-order valence-electron chi connectivity index (χ2n) is 3.94. The minimum atomic E-state index is 0.365. The Hall–Kier alpha value is -1.35. The molecule has 88 valence electrons. The first-order valence-corrected chi connectivity index (χ1v) is 5.67. The molecule has 0 atom stereocenters. The number of ether oxygens (including phenoxy) is 1. The Balaban J connectivity index is 0.000000181. The molecule has 1 fully saturated rings. The van der Waals surface area contributed by atoms with Gasteiger partial charge in [0.05, 0.1) is 0 Å². The molecule has 1 saturated carbocycles. The van der Waals surface area contributed by atoms with Gasteiger partial charge in [0.15, 0.2) is 0 Å². The van der Waals surface area contributed by atoms with Crippen LogP contribution in [0.1, 0.15) is 31.2 Å². The molecular formula is C13H19NO2. The fourth-order valence-corrected chi connectivity index (χ4v) is 1.66. The van der Waals surface area contributed by atoms with E-state index in [1.165, 1.54) is 25.7 Å². The highest BCUT2D eigenvalue weighted by molar-refractivity contribution is 5.37. The number of nitrogens with two attached hydrogens (primary N) is 1. The molecule has 1 aromatic carbocycles. The molecule has 3 nitrogen and oxygen atoms in total. The summed E-state index contributed by atoms with van der Waals surface area (Å²) in [5, 5.41) is 0. The molecule has 0 aromatic heterocycles. The molecule has 3 heteroatoms. The van der Waals surface area contributed by atoms with Gasteiger partial charge in [-0.1, -0.05) is 43.2 Å². The standard InChI is InChI=1S/C8H8O2.C5H11N/c9-7-10-6-8-4-2-1-3-5-8;6-5-3-1-2-4-5/h1-5,7H,6H2;5H,1-4,6H2. The summed E-state index contributed by atoms with van der Waals surface area (Å²) in [6.07, 6.45) is 5.25. The first kappa shape index (κ1) is 12.7. The Labute approximate surface area is 96.6 Å². The molecule has 0 bridgehead atoms. The molecule has 0 amide bonds. The molecule has 2 N–H and O–H groups in total. The average molecular weight is 221 g/mol. The first-order valence-electron chi connectivity index (χ1n) is 5.67. The Morgan fingerprint density at radius 2 is 1.88 bits per heavy atom. The lowest BCUT2D eigenvalue weighted by molar-refractivity contribution is -0.129. The van der Waals surface area contributed by atoms with Crippen LogP contribution < -0.4 is 5.73 Å². The van der Waals surface area contributed by atoms with E-state index in [4.69, 9.17) is 5.73 Å². The third-order valence-corrected chi connectivity index (χ3v) is 2.56. The van der Waals surface area contributed by atoms with Crippen LogP contribution in [0.5, 0.6) is 0 Å². The number of hydrogen-bond acceptors (Lipinski definition) is 3. The van der Waals surface area contributed by atoms with Crippen LogP contribution in [0.3, 0.4) is 0 Å². The van der Waals surface area contributed by atoms with Gasteiger partial charge in [-0.3, -0.25) is 4.79 Å². The Kier molecular flexibility index (Phi) is 6.26. The number of hydrogen-bond donors (Lipinski definition) is 1. The van der Waals surface area contributed by atoms with Crippen molar-refractivity contribution in [2.45, 2.75) is 38.3 Å². The van der Waals surface area contributed by atoms with E-state index in [0.29, 0.717) is 19.1 Å². The fraction of sp³-hybridized carbons (Fsp3) is 0.462. The molecule has 1 aromatic rings. The molecule has 1 aliphatic carbocycles. The van der Waals surface area contributed by atoms with E-state index in [1.807, 2.05) is 30.3 Å². The maximum absolute atomic E-state index is 9.76. The van der Waals surface area contributed by atoms with Crippen molar-refractivity contribution in [3.8, 4) is 0 Å². The van der Waals surface area contributed by atoms with E-state index in [2.05, 4.69) is 4.74 Å². The lowest BCUT2D eigenvalue weighted by Crippen LogP contribution is -2.13. The zero-order chi connectivity index (χ0) is 11.6. The maximum Gasteiger partial charge on any atom is 0.293 e. The Bertz CT molecular complexity index is 281. The minimum absolute atomic E-state index is 0.365. The van der Waals surface area contributed by atoms with Gasteiger partial charge in [0.1, 0.15) is 6.61 Å². The summed E-state index contributed by atoms with van der Waals surface area (Å²) >= 11 is 0. The van der Waals surface area contributed by atoms with Gasteiger partial charge in [-0.2, -0.15) is 0 Å². The predicted octanol–water partition coefficient (Wildman–Crippen LogP) is 2.25. The quantitative estimate of drug-likeness (QED) is 0.796. The van der Waals surface area contributed by atoms with Crippen LogP contribution in [-0.2, 0) is 16.1 Å². The molecule has 0 spiro atoms. The van der Waals surface area contributed by atoms with Crippen LogP contribution >= 0.6 is 0 Å². The highest BCUT2D eigenvalue weighted by Crippen LogP contribution is 2.14. The summed E-state index contributed by atoms with van der Waals surface area (Å²) in [5.74, 6) is 0. The third-order valence-electron chi connectivity index (χ3n) is 2.56. The van der Waals surface area contributed by atoms with Gasteiger partial charge in [0, 0.05) is 6.04 Å². The second kappa shape index (κ2) is 7.88. The molecule has 2 rings (SSSR count). The van der Waals surface area contributed by atoms with Crippen LogP contribution in [0.15, 0.2) is 30.3 Å². The molecular weight excluding hydrogens is 202 g/mol. The molecule has 0 heterocycles. The highest BCUT2D eigenvalue weighted by Gasteiger charge is 2.07. The zero-order valence-corrected chi connectivity index (χ0v) is 9.47. The van der Waals surface area contributed by atoms with Crippen molar-refractivity contribution in [2.75, 3.05) is 0 Å². The van der Waals surface area contributed by atoms with Crippen LogP contribution in [0, 0.1) is 0 Å². The molecule has 0 radical (unpaired) electrons. The lowest BCUT2D eigenvalue weighted by atomic mass is 10.2. The molecule has 16 heavy (non-hydrogen) atoms. The van der Waals surface area contributed by atoms with Crippen molar-refractivity contribution in [1.82, 2.24) is 0 Å². The van der Waals surface area contributed by atoms with Crippen molar-refractivity contribution < 1.29 is 9.53 Å². The van der Waals surface area contributed by atoms with Crippen LogP contribution in [0.2, 0.25) is 0 Å². The van der Waals surface area contributed by atoms with E-state index < -0.39 is 0 Å². The maximum atomic E-state index is 9.76. The summed E-state index contributed by atoms with van der Waals surface area (Å²) in [7, 11) is 0. The summed E-state index contributed by atoms with van der Waals surface area (Å²) in [6, 6.07) is 10.1. The molecule has 0 aliphatic heterocycles. The van der Waals surface area contributed by atoms with Gasteiger partial charge in [0.2, 0.25) is 0 Å². The summed E-state index contributed by atoms with van der Waals surface area (Å²) < 4.78 is 4.54. The van der Waals surface area contributed by atoms with Gasteiger partial charge < -0.3 is 10.5 Å². The highest BCUT2D eigenvalue weighted by atomic mass is 16.5. The van der Waals surface area contributed by atoms with Crippen molar-refractivity contribution in [3.05, 3.63) is 35.9 Å². The number of carbonyl (C=O) groups is 1. The second-order valence-corrected chi connectivity index (χ2v) is 3.94. The lowest BCUT2D eigenvalue weighted by Gasteiger charge is -1.95. The summed E-state index contributed by atoms with van der Waals surface area (Å²) in [4.78, 5) is 9.76. The minimum Gasteiger partial charge on any atom is -0.463 e. The molecule has 1 aliphatic rings. The summed E-state index contributed by atoms with van der Waals surface area (Å²) in [6.45, 7) is 0.817. The smallest absolute Gasteiger partial charge is 0.293 e. The van der Waals surface area contributed by atoms with Gasteiger partial charge >= 0.3 is 0 Å². The van der Waals surface area contributed by atoms with Crippen molar-refractivity contribution >= 4 is 6.47 Å². The topological polar surface area (TPSA) is 52.3 Å². The van der Waals surface area contributed by atoms with E-state index in [1.54, 1.807) is 0 Å². The Morgan fingerprint density at radius 3 is 2.31 bits per heavy atom. The Morgan fingerprint density at radius 1 is 1.25 bits per heavy atom. The van der Waals surface area contributed by atoms with Gasteiger partial charge in [-0.15, -0.1) is 0 Å². The summed E-state index contributed by atoms with van der Waals surface area (Å²) in [5.41, 5.74) is 6.54. The third kappa shape index (κ3) is 5.51. The van der Waals surface area contributed by atoms with Crippen molar-refractivity contribution in [2.24, 2.45) is 5.73 Å². The van der Waals surface area contributed by atoms with Crippen LogP contribution in [-0.4, -0.2) is 12.5 Å². The van der Waals surface area contributed by atoms with Crippen molar-refractivity contribution in [1.29, 1.82) is 0 Å². The normalized spacial score (nSPS) is 15.1. The van der Waals surface area contributed by atoms with Gasteiger partial charge in [0.25, 0.3) is 6.47 Å². The zero-order valence-electron chi connectivity index (χ0n) is 9.47. The van der Waals surface area contributed by atoms with Crippen LogP contribution in [0.25, 0.3) is 0 Å². The number of benzene rings is 1. The van der Waals surface area contributed by atoms with E-state index in [-0.39, 0.29) is 0 Å². The van der Waals surface area contributed by atoms with E-state index in [9.17, 15) is 4.79 Å². The van der Waals surface area contributed by atoms with Crippen molar-refractivity contribution in [3.63, 3.8) is 0 Å². The molecule has 0 saturated heterocycles. The van der Waals surface area contributed by atoms with Gasteiger partial charge in [-0.05, 0) is 18.4 Å². The van der Waals surface area contributed by atoms with E-state index >= 15 is 0 Å². The predicted molar refractivity (Wildman–Crippen MR) is 63.7 cm³/mol. The van der Waals surface area contributed by atoms with Gasteiger partial charge in [-0.25, -0.2) is 0 Å². The fourth-order valence-electron chi connectivity index (χ4n) is 1.66. The number of rotatable bonds is 3.